The van der Waals surface area contributed by atoms with Crippen LogP contribution in [0.5, 0.6) is 0 Å². The van der Waals surface area contributed by atoms with E-state index in [0.29, 0.717) is 4.57 Å². The largest absolute Gasteiger partial charge is 0.329 e. The lowest BCUT2D eigenvalue weighted by Gasteiger charge is -1.93. The summed E-state index contributed by atoms with van der Waals surface area (Å²) in [6.45, 7) is -2.75. The van der Waals surface area contributed by atoms with Crippen molar-refractivity contribution >= 4 is 0 Å². The monoisotopic (exact) mass is 134 g/mol. The predicted octanol–water partition coefficient (Wildman–Crippen LogP) is 0.571. The summed E-state index contributed by atoms with van der Waals surface area (Å²) in [7, 11) is 0. The Morgan fingerprint density at radius 1 is 1.67 bits per heavy atom. The maximum atomic E-state index is 11.6. The van der Waals surface area contributed by atoms with Crippen molar-refractivity contribution in [3.8, 4) is 0 Å². The standard InChI is InChI=1S/C4H4F2N2O/c5-3(6)8-2-1-7-4(8)9/h1-3H,(H,7,9). The molecular formula is C4H4F2N2O. The van der Waals surface area contributed by atoms with Gasteiger partial charge in [0.15, 0.2) is 0 Å². The van der Waals surface area contributed by atoms with Crippen molar-refractivity contribution in [3.05, 3.63) is 22.9 Å². The van der Waals surface area contributed by atoms with Gasteiger partial charge in [-0.3, -0.25) is 0 Å². The number of H-pyrrole nitrogens is 1. The summed E-state index contributed by atoms with van der Waals surface area (Å²) in [6, 6.07) is 0. The van der Waals surface area contributed by atoms with E-state index in [9.17, 15) is 13.6 Å². The Balaban J connectivity index is 3.08. The van der Waals surface area contributed by atoms with Crippen LogP contribution >= 0.6 is 0 Å². The van der Waals surface area contributed by atoms with E-state index in [1.807, 2.05) is 0 Å². The summed E-state index contributed by atoms with van der Waals surface area (Å²) < 4.78 is 23.5. The number of alkyl halides is 2. The minimum absolute atomic E-state index is 0.306. The average Bonchev–Trinajstić information content (AvgIpc) is 2.13. The van der Waals surface area contributed by atoms with E-state index >= 15 is 0 Å². The molecular weight excluding hydrogens is 130 g/mol. The van der Waals surface area contributed by atoms with Crippen LogP contribution < -0.4 is 5.69 Å². The highest BCUT2D eigenvalue weighted by molar-refractivity contribution is 4.75. The molecule has 0 saturated carbocycles. The zero-order valence-electron chi connectivity index (χ0n) is 4.34. The second-order valence-electron chi connectivity index (χ2n) is 1.45. The summed E-state index contributed by atoms with van der Waals surface area (Å²) in [5.74, 6) is 0. The molecule has 0 unspecified atom stereocenters. The third kappa shape index (κ3) is 0.984. The van der Waals surface area contributed by atoms with Crippen LogP contribution in [0.3, 0.4) is 0 Å². The van der Waals surface area contributed by atoms with E-state index in [2.05, 4.69) is 4.98 Å². The van der Waals surface area contributed by atoms with Crippen molar-refractivity contribution < 1.29 is 8.78 Å². The number of aromatic nitrogens is 2. The van der Waals surface area contributed by atoms with Crippen LogP contribution in [0.25, 0.3) is 0 Å². The Morgan fingerprint density at radius 2 is 2.33 bits per heavy atom. The number of hydrogen-bond donors (Lipinski definition) is 1. The van der Waals surface area contributed by atoms with Crippen molar-refractivity contribution in [3.63, 3.8) is 0 Å². The van der Waals surface area contributed by atoms with E-state index in [1.165, 1.54) is 0 Å². The van der Waals surface area contributed by atoms with Gasteiger partial charge in [-0.25, -0.2) is 9.36 Å². The molecule has 9 heavy (non-hydrogen) atoms. The van der Waals surface area contributed by atoms with Gasteiger partial charge in [-0.05, 0) is 0 Å². The molecule has 0 bridgehead atoms. The topological polar surface area (TPSA) is 37.8 Å². The van der Waals surface area contributed by atoms with Gasteiger partial charge in [0.1, 0.15) is 0 Å². The molecule has 0 spiro atoms. The molecule has 50 valence electrons. The van der Waals surface area contributed by atoms with Crippen molar-refractivity contribution in [2.75, 3.05) is 0 Å². The molecule has 1 aromatic heterocycles. The number of rotatable bonds is 1. The maximum Gasteiger partial charge on any atom is 0.329 e. The summed E-state index contributed by atoms with van der Waals surface area (Å²) in [4.78, 5) is 12.4. The molecule has 0 aromatic carbocycles. The predicted molar refractivity (Wildman–Crippen MR) is 26.3 cm³/mol. The fraction of sp³-hybridized carbons (Fsp3) is 0.250. The number of aromatic amines is 1. The van der Waals surface area contributed by atoms with E-state index in [0.717, 1.165) is 12.4 Å². The zero-order chi connectivity index (χ0) is 6.85. The van der Waals surface area contributed by atoms with Crippen molar-refractivity contribution in [2.24, 2.45) is 0 Å². The lowest BCUT2D eigenvalue weighted by atomic mass is 10.9. The van der Waals surface area contributed by atoms with Crippen LogP contribution in [0.2, 0.25) is 0 Å². The quantitative estimate of drug-likeness (QED) is 0.599. The molecule has 0 aliphatic rings. The van der Waals surface area contributed by atoms with Crippen LogP contribution in [-0.2, 0) is 0 Å². The van der Waals surface area contributed by atoms with Crippen molar-refractivity contribution in [1.82, 2.24) is 9.55 Å². The van der Waals surface area contributed by atoms with Crippen molar-refractivity contribution in [1.29, 1.82) is 0 Å². The van der Waals surface area contributed by atoms with Crippen LogP contribution in [0.15, 0.2) is 17.2 Å². The number of hydrogen-bond acceptors (Lipinski definition) is 1. The molecule has 0 saturated heterocycles. The van der Waals surface area contributed by atoms with Crippen LogP contribution in [0.4, 0.5) is 8.78 Å². The minimum atomic E-state index is -2.75. The second-order valence-corrected chi connectivity index (χ2v) is 1.45. The Kier molecular flexibility index (Phi) is 1.33. The molecule has 0 aliphatic carbocycles. The minimum Gasteiger partial charge on any atom is -0.313 e. The lowest BCUT2D eigenvalue weighted by molar-refractivity contribution is 0.0667. The van der Waals surface area contributed by atoms with Gasteiger partial charge < -0.3 is 4.98 Å². The number of nitrogens with zero attached hydrogens (tertiary/aromatic N) is 1. The summed E-state index contributed by atoms with van der Waals surface area (Å²) in [5.41, 5.74) is -0.787. The molecule has 5 heteroatoms. The zero-order valence-corrected chi connectivity index (χ0v) is 4.34. The number of nitrogens with one attached hydrogen (secondary N) is 1. The summed E-state index contributed by atoms with van der Waals surface area (Å²) in [5, 5.41) is 0. The highest BCUT2D eigenvalue weighted by Crippen LogP contribution is 2.03. The van der Waals surface area contributed by atoms with E-state index < -0.39 is 12.2 Å². The molecule has 0 radical (unpaired) electrons. The molecule has 1 N–H and O–H groups in total. The Bertz CT molecular complexity index is 239. The van der Waals surface area contributed by atoms with Gasteiger partial charge in [-0.2, -0.15) is 8.78 Å². The molecule has 0 amide bonds. The first-order valence-corrected chi connectivity index (χ1v) is 2.25. The fourth-order valence-electron chi connectivity index (χ4n) is 0.485. The summed E-state index contributed by atoms with van der Waals surface area (Å²) >= 11 is 0. The average molecular weight is 134 g/mol. The first-order valence-electron chi connectivity index (χ1n) is 2.25. The highest BCUT2D eigenvalue weighted by Gasteiger charge is 2.05. The van der Waals surface area contributed by atoms with Gasteiger partial charge in [-0.15, -0.1) is 0 Å². The van der Waals surface area contributed by atoms with Crippen LogP contribution in [-0.4, -0.2) is 9.55 Å². The van der Waals surface area contributed by atoms with Gasteiger partial charge in [-0.1, -0.05) is 0 Å². The van der Waals surface area contributed by atoms with E-state index in [-0.39, 0.29) is 0 Å². The molecule has 1 heterocycles. The van der Waals surface area contributed by atoms with Crippen molar-refractivity contribution in [2.45, 2.75) is 6.55 Å². The molecule has 1 aromatic rings. The third-order valence-electron chi connectivity index (χ3n) is 0.887. The first-order chi connectivity index (χ1) is 4.22. The fourth-order valence-corrected chi connectivity index (χ4v) is 0.485. The smallest absolute Gasteiger partial charge is 0.313 e. The van der Waals surface area contributed by atoms with Gasteiger partial charge >= 0.3 is 12.2 Å². The van der Waals surface area contributed by atoms with Gasteiger partial charge in [0, 0.05) is 12.4 Å². The molecule has 0 atom stereocenters. The first kappa shape index (κ1) is 6.00. The van der Waals surface area contributed by atoms with E-state index in [4.69, 9.17) is 0 Å². The molecule has 3 nitrogen and oxygen atoms in total. The molecule has 1 rings (SSSR count). The number of imidazole rings is 1. The third-order valence-corrected chi connectivity index (χ3v) is 0.887. The Hall–Kier alpha value is -1.13. The Morgan fingerprint density at radius 3 is 2.56 bits per heavy atom. The van der Waals surface area contributed by atoms with E-state index in [1.54, 1.807) is 0 Å². The molecule has 0 aliphatic heterocycles. The Labute approximate surface area is 48.9 Å². The normalized spacial score (nSPS) is 10.6. The molecule has 0 fully saturated rings. The van der Waals surface area contributed by atoms with Gasteiger partial charge in [0.05, 0.1) is 0 Å². The SMILES string of the molecule is O=c1[nH]ccn1C(F)F. The number of halogens is 2. The van der Waals surface area contributed by atoms with Crippen LogP contribution in [0.1, 0.15) is 6.55 Å². The maximum absolute atomic E-state index is 11.6. The van der Waals surface area contributed by atoms with Crippen LogP contribution in [0, 0.1) is 0 Å². The lowest BCUT2D eigenvalue weighted by Crippen LogP contribution is -2.16. The van der Waals surface area contributed by atoms with Gasteiger partial charge in [0.25, 0.3) is 0 Å². The summed E-state index contributed by atoms with van der Waals surface area (Å²) in [6.07, 6.45) is 2.15. The second kappa shape index (κ2) is 2.00. The highest BCUT2D eigenvalue weighted by atomic mass is 19.3. The van der Waals surface area contributed by atoms with Gasteiger partial charge in [0.2, 0.25) is 0 Å².